The van der Waals surface area contributed by atoms with Crippen LogP contribution in [0.5, 0.6) is 0 Å². The van der Waals surface area contributed by atoms with Crippen LogP contribution >= 0.6 is 0 Å². The van der Waals surface area contributed by atoms with Crippen LogP contribution in [0.25, 0.3) is 10.9 Å². The summed E-state index contributed by atoms with van der Waals surface area (Å²) in [4.78, 5) is 2.25. The van der Waals surface area contributed by atoms with E-state index in [-0.39, 0.29) is 0 Å². The number of aromatic nitrogens is 2. The van der Waals surface area contributed by atoms with Gasteiger partial charge < -0.3 is 10.6 Å². The molecule has 2 atom stereocenters. The first-order valence-electron chi connectivity index (χ1n) is 6.09. The van der Waals surface area contributed by atoms with Gasteiger partial charge in [-0.3, -0.25) is 5.10 Å². The largest absolute Gasteiger partial charge is 0.397 e. The quantitative estimate of drug-likeness (QED) is 0.795. The van der Waals surface area contributed by atoms with Gasteiger partial charge in [0.2, 0.25) is 0 Å². The van der Waals surface area contributed by atoms with Crippen LogP contribution in [0, 0.1) is 11.8 Å². The molecule has 0 amide bonds. The molecule has 17 heavy (non-hydrogen) atoms. The minimum Gasteiger partial charge on any atom is -0.397 e. The number of nitrogen functional groups attached to an aromatic ring is 1. The minimum absolute atomic E-state index is 0.828. The van der Waals surface area contributed by atoms with E-state index in [0.717, 1.165) is 40.7 Å². The average Bonchev–Trinajstić information content (AvgIpc) is 2.78. The van der Waals surface area contributed by atoms with Crippen LogP contribution in [-0.2, 0) is 0 Å². The fourth-order valence-electron chi connectivity index (χ4n) is 2.43. The molecule has 1 aliphatic carbocycles. The van der Waals surface area contributed by atoms with E-state index in [1.54, 1.807) is 6.20 Å². The first-order valence-corrected chi connectivity index (χ1v) is 6.09. The molecule has 0 aliphatic heterocycles. The number of nitrogens with two attached hydrogens (primary N) is 1. The Morgan fingerprint density at radius 3 is 3.00 bits per heavy atom. The van der Waals surface area contributed by atoms with Crippen molar-refractivity contribution >= 4 is 22.3 Å². The van der Waals surface area contributed by atoms with Crippen molar-refractivity contribution in [3.8, 4) is 0 Å². The second-order valence-corrected chi connectivity index (χ2v) is 5.22. The van der Waals surface area contributed by atoms with Crippen LogP contribution in [0.2, 0.25) is 0 Å². The maximum absolute atomic E-state index is 6.09. The molecule has 0 saturated heterocycles. The Morgan fingerprint density at radius 2 is 2.29 bits per heavy atom. The van der Waals surface area contributed by atoms with Crippen molar-refractivity contribution in [3.05, 3.63) is 18.3 Å². The third kappa shape index (κ3) is 1.84. The lowest BCUT2D eigenvalue weighted by molar-refractivity contribution is 0.726. The first-order chi connectivity index (χ1) is 8.15. The fourth-order valence-corrected chi connectivity index (χ4v) is 2.43. The van der Waals surface area contributed by atoms with Gasteiger partial charge in [0, 0.05) is 19.0 Å². The number of H-pyrrole nitrogens is 1. The topological polar surface area (TPSA) is 57.9 Å². The highest BCUT2D eigenvalue weighted by molar-refractivity contribution is 5.88. The highest BCUT2D eigenvalue weighted by atomic mass is 15.1. The van der Waals surface area contributed by atoms with Crippen LogP contribution in [-0.4, -0.2) is 23.8 Å². The standard InChI is InChI=1S/C13H18N4/c1-8-3-10(8)7-17(2)13-5-12-9(4-11(13)14)6-15-16-12/h4-6,8,10H,3,7,14H2,1-2H3,(H,15,16). The minimum atomic E-state index is 0.828. The van der Waals surface area contributed by atoms with Gasteiger partial charge in [-0.25, -0.2) is 0 Å². The molecule has 2 unspecified atom stereocenters. The number of hydrogen-bond donors (Lipinski definition) is 2. The van der Waals surface area contributed by atoms with Crippen molar-refractivity contribution in [1.29, 1.82) is 0 Å². The highest BCUT2D eigenvalue weighted by Crippen LogP contribution is 2.39. The Kier molecular flexibility index (Phi) is 2.24. The highest BCUT2D eigenvalue weighted by Gasteiger charge is 2.33. The van der Waals surface area contributed by atoms with Crippen molar-refractivity contribution in [1.82, 2.24) is 10.2 Å². The Morgan fingerprint density at radius 1 is 1.53 bits per heavy atom. The zero-order valence-corrected chi connectivity index (χ0v) is 10.3. The summed E-state index contributed by atoms with van der Waals surface area (Å²) < 4.78 is 0. The number of nitrogens with one attached hydrogen (secondary N) is 1. The molecule has 3 N–H and O–H groups in total. The second kappa shape index (κ2) is 3.65. The van der Waals surface area contributed by atoms with Crippen molar-refractivity contribution in [2.45, 2.75) is 13.3 Å². The number of rotatable bonds is 3. The number of fused-ring (bicyclic) bond motifs is 1. The van der Waals surface area contributed by atoms with Gasteiger partial charge in [-0.2, -0.15) is 5.10 Å². The molecule has 4 heteroatoms. The first kappa shape index (κ1) is 10.4. The zero-order chi connectivity index (χ0) is 12.0. The Balaban J connectivity index is 1.89. The molecule has 1 saturated carbocycles. The van der Waals surface area contributed by atoms with E-state index in [2.05, 4.69) is 35.1 Å². The molecule has 1 aliphatic rings. The van der Waals surface area contributed by atoms with E-state index in [9.17, 15) is 0 Å². The van der Waals surface area contributed by atoms with Crippen LogP contribution in [0.15, 0.2) is 18.3 Å². The van der Waals surface area contributed by atoms with Crippen LogP contribution < -0.4 is 10.6 Å². The molecule has 1 aromatic carbocycles. The number of hydrogen-bond acceptors (Lipinski definition) is 3. The van der Waals surface area contributed by atoms with Crippen molar-refractivity contribution in [2.75, 3.05) is 24.2 Å². The molecule has 90 valence electrons. The van der Waals surface area contributed by atoms with Crippen molar-refractivity contribution < 1.29 is 0 Å². The Bertz CT molecular complexity index is 545. The van der Waals surface area contributed by atoms with Crippen LogP contribution in [0.3, 0.4) is 0 Å². The lowest BCUT2D eigenvalue weighted by Crippen LogP contribution is -2.21. The van der Waals surface area contributed by atoms with E-state index in [0.29, 0.717) is 0 Å². The Labute approximate surface area is 101 Å². The van der Waals surface area contributed by atoms with Gasteiger partial charge in [-0.1, -0.05) is 6.92 Å². The van der Waals surface area contributed by atoms with Gasteiger partial charge in [0.05, 0.1) is 23.1 Å². The molecule has 3 rings (SSSR count). The fraction of sp³-hybridized carbons (Fsp3) is 0.462. The second-order valence-electron chi connectivity index (χ2n) is 5.22. The summed E-state index contributed by atoms with van der Waals surface area (Å²) in [7, 11) is 2.11. The number of anilines is 2. The summed E-state index contributed by atoms with van der Waals surface area (Å²) in [5, 5.41) is 8.09. The molecule has 0 bridgehead atoms. The summed E-state index contributed by atoms with van der Waals surface area (Å²) in [6.07, 6.45) is 3.15. The molecule has 4 nitrogen and oxygen atoms in total. The van der Waals surface area contributed by atoms with Crippen LogP contribution in [0.4, 0.5) is 11.4 Å². The van der Waals surface area contributed by atoms with E-state index in [1.807, 2.05) is 6.07 Å². The molecular formula is C13H18N4. The van der Waals surface area contributed by atoms with Gasteiger partial charge in [0.15, 0.2) is 0 Å². The summed E-state index contributed by atoms with van der Waals surface area (Å²) in [6, 6.07) is 4.08. The molecule has 0 radical (unpaired) electrons. The van der Waals surface area contributed by atoms with Gasteiger partial charge in [0.25, 0.3) is 0 Å². The third-order valence-corrected chi connectivity index (χ3v) is 3.78. The van der Waals surface area contributed by atoms with Gasteiger partial charge in [-0.15, -0.1) is 0 Å². The molecule has 1 fully saturated rings. The van der Waals surface area contributed by atoms with E-state index < -0.39 is 0 Å². The van der Waals surface area contributed by atoms with Gasteiger partial charge in [0.1, 0.15) is 0 Å². The smallest absolute Gasteiger partial charge is 0.0672 e. The molecular weight excluding hydrogens is 212 g/mol. The Hall–Kier alpha value is -1.71. The van der Waals surface area contributed by atoms with Gasteiger partial charge >= 0.3 is 0 Å². The van der Waals surface area contributed by atoms with Gasteiger partial charge in [-0.05, 0) is 30.4 Å². The van der Waals surface area contributed by atoms with Crippen molar-refractivity contribution in [3.63, 3.8) is 0 Å². The number of aromatic amines is 1. The SMILES string of the molecule is CC1CC1CN(C)c1cc2[nH]ncc2cc1N. The summed E-state index contributed by atoms with van der Waals surface area (Å²) in [5.74, 6) is 1.70. The van der Waals surface area contributed by atoms with Crippen molar-refractivity contribution in [2.24, 2.45) is 11.8 Å². The average molecular weight is 230 g/mol. The lowest BCUT2D eigenvalue weighted by atomic mass is 10.2. The van der Waals surface area contributed by atoms with E-state index in [1.165, 1.54) is 6.42 Å². The van der Waals surface area contributed by atoms with Crippen LogP contribution in [0.1, 0.15) is 13.3 Å². The monoisotopic (exact) mass is 230 g/mol. The third-order valence-electron chi connectivity index (χ3n) is 3.78. The normalized spacial score (nSPS) is 22.9. The maximum atomic E-state index is 6.09. The zero-order valence-electron chi connectivity index (χ0n) is 10.3. The number of benzene rings is 1. The predicted molar refractivity (Wildman–Crippen MR) is 71.0 cm³/mol. The predicted octanol–water partition coefficient (Wildman–Crippen LogP) is 2.24. The maximum Gasteiger partial charge on any atom is 0.0672 e. The summed E-state index contributed by atoms with van der Waals surface area (Å²) in [5.41, 5.74) is 9.07. The van der Waals surface area contributed by atoms with E-state index >= 15 is 0 Å². The summed E-state index contributed by atoms with van der Waals surface area (Å²) in [6.45, 7) is 3.39. The molecule has 1 aromatic heterocycles. The van der Waals surface area contributed by atoms with E-state index in [4.69, 9.17) is 5.73 Å². The molecule has 0 spiro atoms. The molecule has 2 aromatic rings. The molecule has 1 heterocycles. The lowest BCUT2D eigenvalue weighted by Gasteiger charge is -2.21. The summed E-state index contributed by atoms with van der Waals surface area (Å²) >= 11 is 0. The number of nitrogens with zero attached hydrogens (tertiary/aromatic N) is 2.